The molecule has 1 fully saturated rings. The maximum absolute atomic E-state index is 12.5. The minimum Gasteiger partial charge on any atom is -0.495 e. The molecule has 1 N–H and O–H groups in total. The van der Waals surface area contributed by atoms with Crippen LogP contribution in [0.2, 0.25) is 5.02 Å². The van der Waals surface area contributed by atoms with Crippen LogP contribution >= 0.6 is 27.5 Å². The number of hydrogen-bond acceptors (Lipinski definition) is 3. The molecule has 0 aromatic heterocycles. The van der Waals surface area contributed by atoms with E-state index >= 15 is 0 Å². The Morgan fingerprint density at radius 3 is 2.73 bits per heavy atom. The molecule has 0 radical (unpaired) electrons. The van der Waals surface area contributed by atoms with Crippen LogP contribution in [0.5, 0.6) is 5.75 Å². The first-order valence-corrected chi connectivity index (χ1v) is 9.41. The summed E-state index contributed by atoms with van der Waals surface area (Å²) >= 11 is 9.47. The van der Waals surface area contributed by atoms with Crippen molar-refractivity contribution in [2.45, 2.75) is 19.3 Å². The Bertz CT molecular complexity index is 857. The highest BCUT2D eigenvalue weighted by atomic mass is 79.9. The van der Waals surface area contributed by atoms with Gasteiger partial charge in [-0.05, 0) is 49.2 Å². The third-order valence-electron chi connectivity index (χ3n) is 4.23. The van der Waals surface area contributed by atoms with E-state index in [1.807, 2.05) is 0 Å². The number of carbonyl (C=O) groups is 2. The molecule has 2 aromatic carbocycles. The lowest BCUT2D eigenvalue weighted by molar-refractivity contribution is -0.119. The molecule has 2 aromatic rings. The molecule has 1 heterocycles. The van der Waals surface area contributed by atoms with Crippen molar-refractivity contribution in [2.24, 2.45) is 0 Å². The van der Waals surface area contributed by atoms with Crippen molar-refractivity contribution in [3.05, 3.63) is 51.5 Å². The first-order valence-electron chi connectivity index (χ1n) is 8.24. The van der Waals surface area contributed by atoms with E-state index in [4.69, 9.17) is 16.3 Å². The fourth-order valence-electron chi connectivity index (χ4n) is 2.91. The first-order chi connectivity index (χ1) is 12.5. The maximum Gasteiger partial charge on any atom is 0.257 e. The molecule has 136 valence electrons. The van der Waals surface area contributed by atoms with Gasteiger partial charge in [-0.2, -0.15) is 0 Å². The highest BCUT2D eigenvalue weighted by molar-refractivity contribution is 9.10. The lowest BCUT2D eigenvalue weighted by Gasteiger charge is -2.28. The van der Waals surface area contributed by atoms with E-state index in [0.717, 1.165) is 17.3 Å². The number of rotatable bonds is 4. The van der Waals surface area contributed by atoms with Gasteiger partial charge in [-0.25, -0.2) is 0 Å². The maximum atomic E-state index is 12.5. The topological polar surface area (TPSA) is 58.6 Å². The highest BCUT2D eigenvalue weighted by Crippen LogP contribution is 2.34. The summed E-state index contributed by atoms with van der Waals surface area (Å²) in [4.78, 5) is 26.5. The average Bonchev–Trinajstić information content (AvgIpc) is 2.62. The first kappa shape index (κ1) is 18.7. The molecule has 7 heteroatoms. The molecular formula is C19H18BrClN2O3. The van der Waals surface area contributed by atoms with Crippen LogP contribution in [0.25, 0.3) is 0 Å². The van der Waals surface area contributed by atoms with E-state index in [1.54, 1.807) is 48.4 Å². The van der Waals surface area contributed by atoms with E-state index in [-0.39, 0.29) is 11.8 Å². The summed E-state index contributed by atoms with van der Waals surface area (Å²) in [6, 6.07) is 10.3. The predicted octanol–water partition coefficient (Wildman–Crippen LogP) is 4.88. The van der Waals surface area contributed by atoms with Gasteiger partial charge >= 0.3 is 0 Å². The third kappa shape index (κ3) is 4.02. The van der Waals surface area contributed by atoms with Gasteiger partial charge in [-0.3, -0.25) is 9.59 Å². The highest BCUT2D eigenvalue weighted by Gasteiger charge is 2.23. The lowest BCUT2D eigenvalue weighted by atomic mass is 10.1. The molecule has 26 heavy (non-hydrogen) atoms. The molecule has 0 unspecified atom stereocenters. The Morgan fingerprint density at radius 2 is 2.04 bits per heavy atom. The van der Waals surface area contributed by atoms with Gasteiger partial charge in [-0.15, -0.1) is 0 Å². The zero-order chi connectivity index (χ0) is 18.7. The smallest absolute Gasteiger partial charge is 0.257 e. The van der Waals surface area contributed by atoms with Crippen molar-refractivity contribution in [1.29, 1.82) is 0 Å². The lowest BCUT2D eigenvalue weighted by Crippen LogP contribution is -2.35. The van der Waals surface area contributed by atoms with E-state index in [0.29, 0.717) is 40.7 Å². The van der Waals surface area contributed by atoms with Crippen molar-refractivity contribution in [2.75, 3.05) is 23.9 Å². The van der Waals surface area contributed by atoms with Gasteiger partial charge in [0, 0.05) is 23.1 Å². The summed E-state index contributed by atoms with van der Waals surface area (Å²) in [5.41, 5.74) is 1.61. The van der Waals surface area contributed by atoms with Crippen LogP contribution in [0, 0.1) is 0 Å². The number of anilines is 2. The zero-order valence-electron chi connectivity index (χ0n) is 14.2. The molecule has 1 saturated heterocycles. The quantitative estimate of drug-likeness (QED) is 0.741. The van der Waals surface area contributed by atoms with Crippen molar-refractivity contribution in [1.82, 2.24) is 0 Å². The van der Waals surface area contributed by atoms with Crippen molar-refractivity contribution >= 4 is 50.7 Å². The number of hydrogen-bond donors (Lipinski definition) is 1. The van der Waals surface area contributed by atoms with Crippen LogP contribution in [-0.2, 0) is 4.79 Å². The molecule has 3 rings (SSSR count). The minimum atomic E-state index is -0.316. The minimum absolute atomic E-state index is 0.0639. The molecule has 1 aliphatic rings. The normalized spacial score (nSPS) is 14.3. The molecule has 5 nitrogen and oxygen atoms in total. The number of ether oxygens (including phenoxy) is 1. The van der Waals surface area contributed by atoms with Gasteiger partial charge in [0.05, 0.1) is 23.4 Å². The zero-order valence-corrected chi connectivity index (χ0v) is 16.6. The standard InChI is InChI=1S/C19H18BrClN2O3/c1-26-17-8-6-13(11-16(17)23-9-3-2-4-18(23)24)22-19(25)14-7-5-12(20)10-15(14)21/h5-8,10-11H,2-4,9H2,1H3,(H,22,25). The van der Waals surface area contributed by atoms with Gasteiger partial charge in [0.1, 0.15) is 5.75 Å². The summed E-state index contributed by atoms with van der Waals surface area (Å²) in [5, 5.41) is 3.19. The fraction of sp³-hybridized carbons (Fsp3) is 0.263. The molecule has 0 saturated carbocycles. The average molecular weight is 438 g/mol. The Hall–Kier alpha value is -2.05. The number of halogens is 2. The number of benzene rings is 2. The second-order valence-electron chi connectivity index (χ2n) is 5.97. The second kappa shape index (κ2) is 8.10. The van der Waals surface area contributed by atoms with Crippen LogP contribution in [0.1, 0.15) is 29.6 Å². The summed E-state index contributed by atoms with van der Waals surface area (Å²) in [5.74, 6) is 0.345. The van der Waals surface area contributed by atoms with Crippen LogP contribution < -0.4 is 15.0 Å². The molecule has 0 spiro atoms. The summed E-state index contributed by atoms with van der Waals surface area (Å²) in [7, 11) is 1.56. The number of carbonyl (C=O) groups excluding carboxylic acids is 2. The van der Waals surface area contributed by atoms with Gasteiger partial charge in [0.25, 0.3) is 5.91 Å². The number of nitrogens with zero attached hydrogens (tertiary/aromatic N) is 1. The molecular weight excluding hydrogens is 420 g/mol. The molecule has 0 atom stereocenters. The number of piperidine rings is 1. The van der Waals surface area contributed by atoms with E-state index in [1.165, 1.54) is 0 Å². The van der Waals surface area contributed by atoms with Crippen LogP contribution in [0.4, 0.5) is 11.4 Å². The second-order valence-corrected chi connectivity index (χ2v) is 7.29. The molecule has 2 amide bonds. The Kier molecular flexibility index (Phi) is 5.84. The van der Waals surface area contributed by atoms with Gasteiger partial charge in [0.2, 0.25) is 5.91 Å². The van der Waals surface area contributed by atoms with Crippen molar-refractivity contribution < 1.29 is 14.3 Å². The Morgan fingerprint density at radius 1 is 1.23 bits per heavy atom. The third-order valence-corrected chi connectivity index (χ3v) is 5.03. The monoisotopic (exact) mass is 436 g/mol. The van der Waals surface area contributed by atoms with E-state index < -0.39 is 0 Å². The number of amides is 2. The molecule has 0 aliphatic carbocycles. The summed E-state index contributed by atoms with van der Waals surface area (Å²) in [6.07, 6.45) is 2.37. The van der Waals surface area contributed by atoms with E-state index in [2.05, 4.69) is 21.2 Å². The van der Waals surface area contributed by atoms with Gasteiger partial charge in [-0.1, -0.05) is 27.5 Å². The Balaban J connectivity index is 1.87. The van der Waals surface area contributed by atoms with Gasteiger partial charge in [0.15, 0.2) is 0 Å². The van der Waals surface area contributed by atoms with E-state index in [9.17, 15) is 9.59 Å². The number of methoxy groups -OCH3 is 1. The Labute approximate surface area is 165 Å². The number of nitrogens with one attached hydrogen (secondary N) is 1. The van der Waals surface area contributed by atoms with Crippen LogP contribution in [0.15, 0.2) is 40.9 Å². The SMILES string of the molecule is COc1ccc(NC(=O)c2ccc(Br)cc2Cl)cc1N1CCCCC1=O. The van der Waals surface area contributed by atoms with Crippen molar-refractivity contribution in [3.63, 3.8) is 0 Å². The van der Waals surface area contributed by atoms with Crippen LogP contribution in [-0.4, -0.2) is 25.5 Å². The summed E-state index contributed by atoms with van der Waals surface area (Å²) in [6.45, 7) is 0.644. The molecule has 0 bridgehead atoms. The summed E-state index contributed by atoms with van der Waals surface area (Å²) < 4.78 is 6.19. The van der Waals surface area contributed by atoms with Crippen LogP contribution in [0.3, 0.4) is 0 Å². The molecule has 1 aliphatic heterocycles. The fourth-order valence-corrected chi connectivity index (χ4v) is 3.67. The van der Waals surface area contributed by atoms with Gasteiger partial charge < -0.3 is 15.0 Å². The predicted molar refractivity (Wildman–Crippen MR) is 106 cm³/mol. The largest absolute Gasteiger partial charge is 0.495 e. The van der Waals surface area contributed by atoms with Crippen molar-refractivity contribution in [3.8, 4) is 5.75 Å².